The molecule has 0 aliphatic carbocycles. The van der Waals surface area contributed by atoms with Crippen molar-refractivity contribution in [3.63, 3.8) is 0 Å². The Kier molecular flexibility index (Phi) is 8.32. The Bertz CT molecular complexity index is 1090. The molecule has 2 heterocycles. The van der Waals surface area contributed by atoms with Crippen molar-refractivity contribution < 1.29 is 13.9 Å². The van der Waals surface area contributed by atoms with Crippen LogP contribution in [0.5, 0.6) is 11.5 Å². The Morgan fingerprint density at radius 1 is 1.12 bits per heavy atom. The number of ether oxygens (including phenoxy) is 2. The first-order chi connectivity index (χ1) is 15.1. The molecule has 0 unspecified atom stereocenters. The molecule has 2 aromatic carbocycles. The van der Waals surface area contributed by atoms with Crippen molar-refractivity contribution in [2.24, 2.45) is 4.99 Å². The minimum absolute atomic E-state index is 0. The van der Waals surface area contributed by atoms with Gasteiger partial charge in [0.1, 0.15) is 11.6 Å². The highest BCUT2D eigenvalue weighted by atomic mass is 127. The number of aryl methyl sites for hydroxylation is 1. The van der Waals surface area contributed by atoms with Gasteiger partial charge in [0.05, 0.1) is 12.2 Å². The Morgan fingerprint density at radius 3 is 2.69 bits per heavy atom. The normalized spacial score (nSPS) is 12.4. The summed E-state index contributed by atoms with van der Waals surface area (Å²) >= 11 is 0. The molecule has 1 aliphatic rings. The van der Waals surface area contributed by atoms with E-state index in [1.165, 1.54) is 6.07 Å². The second kappa shape index (κ2) is 11.2. The highest BCUT2D eigenvalue weighted by Crippen LogP contribution is 2.32. The van der Waals surface area contributed by atoms with Gasteiger partial charge in [-0.2, -0.15) is 0 Å². The van der Waals surface area contributed by atoms with Crippen LogP contribution in [-0.2, 0) is 13.0 Å². The minimum atomic E-state index is -0.297. The first-order valence-corrected chi connectivity index (χ1v) is 10.3. The van der Waals surface area contributed by atoms with Gasteiger partial charge in [-0.1, -0.05) is 12.1 Å². The summed E-state index contributed by atoms with van der Waals surface area (Å²) in [6, 6.07) is 11.1. The second-order valence-electron chi connectivity index (χ2n) is 7.19. The lowest BCUT2D eigenvalue weighted by Crippen LogP contribution is -2.38. The fourth-order valence-electron chi connectivity index (χ4n) is 3.41. The molecule has 0 atom stereocenters. The van der Waals surface area contributed by atoms with Gasteiger partial charge in [-0.25, -0.2) is 14.4 Å². The average molecular weight is 551 g/mol. The zero-order valence-corrected chi connectivity index (χ0v) is 20.4. The molecule has 0 saturated heterocycles. The Labute approximate surface area is 204 Å². The second-order valence-corrected chi connectivity index (χ2v) is 7.19. The van der Waals surface area contributed by atoms with E-state index < -0.39 is 0 Å². The number of benzene rings is 2. The third-order valence-corrected chi connectivity index (χ3v) is 5.00. The van der Waals surface area contributed by atoms with Gasteiger partial charge in [0.15, 0.2) is 17.5 Å². The van der Waals surface area contributed by atoms with Gasteiger partial charge in [0, 0.05) is 25.5 Å². The van der Waals surface area contributed by atoms with E-state index in [-0.39, 0.29) is 36.6 Å². The molecule has 9 heteroatoms. The topological polar surface area (TPSA) is 72.7 Å². The minimum Gasteiger partial charge on any atom is -0.454 e. The highest BCUT2D eigenvalue weighted by molar-refractivity contribution is 14.0. The van der Waals surface area contributed by atoms with Crippen LogP contribution < -0.4 is 20.1 Å². The van der Waals surface area contributed by atoms with Crippen LogP contribution in [0, 0.1) is 12.7 Å². The molecule has 4 rings (SSSR count). The van der Waals surface area contributed by atoms with Gasteiger partial charge >= 0.3 is 0 Å². The highest BCUT2D eigenvalue weighted by Gasteiger charge is 2.13. The number of fused-ring (bicyclic) bond motifs is 1. The standard InChI is InChI=1S/C23H26FN5O2.HI/c1-3-25-23(27-9-8-17-5-7-21-22(13-17)31-15-30-21)28-14-18-4-6-20(19(24)12-18)29-11-10-26-16(29)2;/h4-7,10-13H,3,8-9,14-15H2,1-2H3,(H2,25,27,28);1H. The molecule has 32 heavy (non-hydrogen) atoms. The van der Waals surface area contributed by atoms with Crippen molar-refractivity contribution in [2.75, 3.05) is 19.9 Å². The van der Waals surface area contributed by atoms with Gasteiger partial charge < -0.3 is 24.7 Å². The van der Waals surface area contributed by atoms with Crippen LogP contribution in [0.2, 0.25) is 0 Å². The molecule has 3 aromatic rings. The Balaban J connectivity index is 0.00000289. The molecule has 1 aliphatic heterocycles. The summed E-state index contributed by atoms with van der Waals surface area (Å²) in [4.78, 5) is 8.74. The van der Waals surface area contributed by atoms with Gasteiger partial charge in [-0.05, 0) is 55.7 Å². The van der Waals surface area contributed by atoms with E-state index in [4.69, 9.17) is 9.47 Å². The predicted octanol–water partition coefficient (Wildman–Crippen LogP) is 3.96. The molecule has 1 aromatic heterocycles. The van der Waals surface area contributed by atoms with Crippen LogP contribution in [0.25, 0.3) is 5.69 Å². The molecular weight excluding hydrogens is 524 g/mol. The monoisotopic (exact) mass is 551 g/mol. The van der Waals surface area contributed by atoms with E-state index in [2.05, 4.69) is 20.6 Å². The largest absolute Gasteiger partial charge is 0.454 e. The van der Waals surface area contributed by atoms with Gasteiger partial charge in [0.25, 0.3) is 0 Å². The Hall–Kier alpha value is -2.82. The predicted molar refractivity (Wildman–Crippen MR) is 133 cm³/mol. The molecule has 7 nitrogen and oxygen atoms in total. The lowest BCUT2D eigenvalue weighted by molar-refractivity contribution is 0.174. The van der Waals surface area contributed by atoms with Crippen molar-refractivity contribution >= 4 is 29.9 Å². The van der Waals surface area contributed by atoms with E-state index in [0.29, 0.717) is 24.7 Å². The van der Waals surface area contributed by atoms with Crippen molar-refractivity contribution in [1.29, 1.82) is 0 Å². The number of hydrogen-bond donors (Lipinski definition) is 2. The number of aliphatic imine (C=N–C) groups is 1. The zero-order chi connectivity index (χ0) is 21.6. The van der Waals surface area contributed by atoms with Gasteiger partial charge in [-0.3, -0.25) is 0 Å². The first kappa shape index (κ1) is 23.8. The number of halogens is 2. The summed E-state index contributed by atoms with van der Waals surface area (Å²) in [5, 5.41) is 6.55. The molecule has 0 spiro atoms. The van der Waals surface area contributed by atoms with E-state index >= 15 is 0 Å². The SMILES string of the molecule is CCNC(=NCc1ccc(-n2ccnc2C)c(F)c1)NCCc1ccc2c(c1)OCO2.I. The summed E-state index contributed by atoms with van der Waals surface area (Å²) < 4.78 is 27.1. The van der Waals surface area contributed by atoms with Crippen molar-refractivity contribution in [3.05, 3.63) is 71.6 Å². The van der Waals surface area contributed by atoms with Crippen LogP contribution in [0.15, 0.2) is 53.8 Å². The number of hydrogen-bond acceptors (Lipinski definition) is 4. The van der Waals surface area contributed by atoms with Crippen LogP contribution in [0.4, 0.5) is 4.39 Å². The molecule has 0 fully saturated rings. The molecule has 0 saturated carbocycles. The van der Waals surface area contributed by atoms with E-state index in [0.717, 1.165) is 41.4 Å². The van der Waals surface area contributed by atoms with E-state index in [9.17, 15) is 4.39 Å². The van der Waals surface area contributed by atoms with Crippen molar-refractivity contribution in [3.8, 4) is 17.2 Å². The molecule has 170 valence electrons. The number of imidazole rings is 1. The van der Waals surface area contributed by atoms with Crippen LogP contribution in [0.1, 0.15) is 23.9 Å². The number of rotatable bonds is 7. The smallest absolute Gasteiger partial charge is 0.231 e. The third-order valence-electron chi connectivity index (χ3n) is 5.00. The maximum absolute atomic E-state index is 14.6. The van der Waals surface area contributed by atoms with E-state index in [1.54, 1.807) is 23.0 Å². The summed E-state index contributed by atoms with van der Waals surface area (Å²) in [5.41, 5.74) is 2.43. The summed E-state index contributed by atoms with van der Waals surface area (Å²) in [6.45, 7) is 5.95. The Morgan fingerprint density at radius 2 is 1.94 bits per heavy atom. The van der Waals surface area contributed by atoms with Gasteiger partial charge in [0.2, 0.25) is 6.79 Å². The molecule has 0 bridgehead atoms. The first-order valence-electron chi connectivity index (χ1n) is 10.3. The van der Waals surface area contributed by atoms with Crippen molar-refractivity contribution in [1.82, 2.24) is 20.2 Å². The van der Waals surface area contributed by atoms with Crippen LogP contribution >= 0.6 is 24.0 Å². The maximum atomic E-state index is 14.6. The fraction of sp³-hybridized carbons (Fsp3) is 0.304. The summed E-state index contributed by atoms with van der Waals surface area (Å²) in [7, 11) is 0. The summed E-state index contributed by atoms with van der Waals surface area (Å²) in [6.07, 6.45) is 4.22. The lowest BCUT2D eigenvalue weighted by Gasteiger charge is -2.12. The molecule has 0 radical (unpaired) electrons. The zero-order valence-electron chi connectivity index (χ0n) is 18.1. The lowest BCUT2D eigenvalue weighted by atomic mass is 10.1. The average Bonchev–Trinajstić information content (AvgIpc) is 3.40. The number of nitrogens with one attached hydrogen (secondary N) is 2. The number of guanidine groups is 1. The molecule has 2 N–H and O–H groups in total. The van der Waals surface area contributed by atoms with Gasteiger partial charge in [-0.15, -0.1) is 24.0 Å². The molecule has 0 amide bonds. The third kappa shape index (κ3) is 5.70. The number of nitrogens with zero attached hydrogens (tertiary/aromatic N) is 3. The summed E-state index contributed by atoms with van der Waals surface area (Å²) in [5.74, 6) is 2.71. The van der Waals surface area contributed by atoms with Crippen LogP contribution in [-0.4, -0.2) is 35.4 Å². The van der Waals surface area contributed by atoms with Crippen molar-refractivity contribution in [2.45, 2.75) is 26.8 Å². The maximum Gasteiger partial charge on any atom is 0.231 e. The molecular formula is C23H27FIN5O2. The van der Waals surface area contributed by atoms with Crippen LogP contribution in [0.3, 0.4) is 0 Å². The quantitative estimate of drug-likeness (QED) is 0.264. The fourth-order valence-corrected chi connectivity index (χ4v) is 3.41. The van der Waals surface area contributed by atoms with E-state index in [1.807, 2.05) is 38.1 Å². The number of aromatic nitrogens is 2.